The van der Waals surface area contributed by atoms with Gasteiger partial charge in [0.05, 0.1) is 12.2 Å². The number of anilines is 1. The number of thioether (sulfide) groups is 1. The second-order valence-corrected chi connectivity index (χ2v) is 11.5. The monoisotopic (exact) mass is 559 g/mol. The molecule has 3 atom stereocenters. The minimum absolute atomic E-state index is 0.0697. The van der Waals surface area contributed by atoms with E-state index in [0.717, 1.165) is 18.1 Å². The van der Waals surface area contributed by atoms with Crippen LogP contribution in [0.1, 0.15) is 28.5 Å². The Bertz CT molecular complexity index is 1340. The number of rotatable bonds is 7. The first-order valence-corrected chi connectivity index (χ1v) is 14.6. The Hall–Kier alpha value is -3.93. The summed E-state index contributed by atoms with van der Waals surface area (Å²) in [7, 11) is 0.266. The topological polar surface area (TPSA) is 116 Å². The maximum absolute atomic E-state index is 13.1. The minimum Gasteiger partial charge on any atom is -0.444 e. The van der Waals surface area contributed by atoms with Crippen molar-refractivity contribution < 1.29 is 19.1 Å². The molecule has 0 radical (unpaired) electrons. The number of carbonyl (C=O) groups excluding carboxylic acids is 3. The van der Waals surface area contributed by atoms with Crippen LogP contribution >= 0.6 is 20.3 Å². The number of amidine groups is 1. The molecule has 2 aliphatic heterocycles. The molecule has 0 spiro atoms. The van der Waals surface area contributed by atoms with Crippen molar-refractivity contribution in [2.75, 3.05) is 18.0 Å². The van der Waals surface area contributed by atoms with Gasteiger partial charge < -0.3 is 10.1 Å². The van der Waals surface area contributed by atoms with Crippen molar-refractivity contribution in [3.05, 3.63) is 95.8 Å². The molecule has 198 valence electrons. The van der Waals surface area contributed by atoms with Gasteiger partial charge in [0.2, 0.25) is 5.91 Å². The van der Waals surface area contributed by atoms with E-state index in [-0.39, 0.29) is 38.7 Å². The number of nitrogens with one attached hydrogen (secondary N) is 2. The van der Waals surface area contributed by atoms with Gasteiger partial charge in [-0.05, 0) is 54.5 Å². The van der Waals surface area contributed by atoms with Gasteiger partial charge in [-0.2, -0.15) is 0 Å². The van der Waals surface area contributed by atoms with Gasteiger partial charge in [-0.15, -0.1) is 0 Å². The first kappa shape index (κ1) is 26.7. The van der Waals surface area contributed by atoms with Crippen molar-refractivity contribution in [3.8, 4) is 0 Å². The molecule has 3 heterocycles. The Balaban J connectivity index is 1.19. The van der Waals surface area contributed by atoms with Crippen LogP contribution in [0.3, 0.4) is 0 Å². The van der Waals surface area contributed by atoms with E-state index < -0.39 is 17.1 Å². The van der Waals surface area contributed by atoms with Gasteiger partial charge in [0.25, 0.3) is 5.91 Å². The van der Waals surface area contributed by atoms with E-state index in [1.807, 2.05) is 12.1 Å². The molecule has 0 aliphatic carbocycles. The molecule has 39 heavy (non-hydrogen) atoms. The van der Waals surface area contributed by atoms with Crippen molar-refractivity contribution >= 4 is 49.1 Å². The SMILES string of the molecule is N=C1SC(c2ccc(NC(=O)[C@@H]3PCCCN3C(=O)OCc3c#cccc3)cc2)C(=O)N1Cc1ccccn1. The zero-order valence-electron chi connectivity index (χ0n) is 20.9. The second kappa shape index (κ2) is 12.3. The average Bonchev–Trinajstić information content (AvgIpc) is 3.25. The molecular weight excluding hydrogens is 533 g/mol. The molecule has 2 fully saturated rings. The van der Waals surface area contributed by atoms with Crippen molar-refractivity contribution in [1.29, 1.82) is 5.41 Å². The Labute approximate surface area is 232 Å². The zero-order valence-corrected chi connectivity index (χ0v) is 22.7. The highest BCUT2D eigenvalue weighted by Crippen LogP contribution is 2.40. The summed E-state index contributed by atoms with van der Waals surface area (Å²) in [6, 6.07) is 23.6. The Morgan fingerprint density at radius 2 is 2.03 bits per heavy atom. The number of aromatic nitrogens is 1. The summed E-state index contributed by atoms with van der Waals surface area (Å²) in [4.78, 5) is 46.1. The number of pyridine rings is 1. The summed E-state index contributed by atoms with van der Waals surface area (Å²) < 4.78 is 5.44. The van der Waals surface area contributed by atoms with Gasteiger partial charge in [0.1, 0.15) is 17.6 Å². The van der Waals surface area contributed by atoms with E-state index in [2.05, 4.69) is 22.4 Å². The molecule has 0 saturated carbocycles. The number of nitrogens with zero attached hydrogens (tertiary/aromatic N) is 3. The first-order valence-electron chi connectivity index (χ1n) is 12.4. The molecule has 2 aromatic carbocycles. The summed E-state index contributed by atoms with van der Waals surface area (Å²) in [5.41, 5.74) is 2.74. The van der Waals surface area contributed by atoms with Crippen molar-refractivity contribution in [2.45, 2.75) is 30.6 Å². The fourth-order valence-electron chi connectivity index (χ4n) is 4.29. The molecule has 2 N–H and O–H groups in total. The maximum atomic E-state index is 13.1. The summed E-state index contributed by atoms with van der Waals surface area (Å²) in [6.07, 6.45) is 2.82. The number of amides is 3. The lowest BCUT2D eigenvalue weighted by atomic mass is 10.1. The fourth-order valence-corrected chi connectivity index (χ4v) is 6.66. The highest BCUT2D eigenvalue weighted by Gasteiger charge is 2.38. The van der Waals surface area contributed by atoms with Crippen molar-refractivity contribution in [3.63, 3.8) is 0 Å². The average molecular weight is 560 g/mol. The van der Waals surface area contributed by atoms with Crippen LogP contribution in [0.5, 0.6) is 0 Å². The summed E-state index contributed by atoms with van der Waals surface area (Å²) in [6.45, 7) is 0.773. The number of hydrogen-bond acceptors (Lipinski definition) is 7. The van der Waals surface area contributed by atoms with Crippen LogP contribution < -0.4 is 5.32 Å². The zero-order chi connectivity index (χ0) is 27.2. The van der Waals surface area contributed by atoms with Gasteiger partial charge in [0, 0.05) is 24.0 Å². The van der Waals surface area contributed by atoms with Gasteiger partial charge in [0.15, 0.2) is 5.17 Å². The number of ether oxygens (including phenoxy) is 1. The maximum Gasteiger partial charge on any atom is 0.411 e. The molecule has 5 rings (SSSR count). The van der Waals surface area contributed by atoms with Gasteiger partial charge in [-0.1, -0.05) is 56.7 Å². The standard InChI is InChI=1S/C28H26N5O4PS/c29-27-33(17-22-9-4-5-14-30-22)25(35)23(39-27)20-10-12-21(13-11-20)31-24(34)26-32(15-6-16-38-26)28(36)37-18-19-7-2-1-3-8-19/h1-2,4-5,7,9-14,23,26,29,38H,6,15-18H2,(H,31,34)/t23?,26-/m0/s1. The molecule has 9 nitrogen and oxygen atoms in total. The number of carbonyl (C=O) groups is 3. The highest BCUT2D eigenvalue weighted by atomic mass is 32.2. The molecule has 0 bridgehead atoms. The molecule has 2 saturated heterocycles. The first-order chi connectivity index (χ1) is 19.0. The molecule has 1 aromatic heterocycles. The Kier molecular flexibility index (Phi) is 8.40. The van der Waals surface area contributed by atoms with Crippen molar-refractivity contribution in [1.82, 2.24) is 14.8 Å². The van der Waals surface area contributed by atoms with E-state index in [9.17, 15) is 14.4 Å². The second-order valence-electron chi connectivity index (χ2n) is 8.94. The largest absolute Gasteiger partial charge is 0.444 e. The molecule has 2 unspecified atom stereocenters. The third-order valence-corrected chi connectivity index (χ3v) is 9.02. The fraction of sp³-hybridized carbons (Fsp3) is 0.250. The van der Waals surface area contributed by atoms with Crippen LogP contribution in [0.2, 0.25) is 0 Å². The van der Waals surface area contributed by atoms with Gasteiger partial charge in [-0.3, -0.25) is 29.8 Å². The van der Waals surface area contributed by atoms with E-state index in [1.165, 1.54) is 21.6 Å². The number of benzene rings is 1. The van der Waals surface area contributed by atoms with E-state index >= 15 is 0 Å². The van der Waals surface area contributed by atoms with Crippen LogP contribution in [0.15, 0.2) is 66.9 Å². The van der Waals surface area contributed by atoms with Crippen molar-refractivity contribution in [2.24, 2.45) is 0 Å². The predicted octanol–water partition coefficient (Wildman–Crippen LogP) is 4.42. The molecular formula is C28H26N5O4PS. The minimum atomic E-state index is -0.607. The molecule has 3 amide bonds. The summed E-state index contributed by atoms with van der Waals surface area (Å²) in [5.74, 6) is -1.05. The normalized spacial score (nSPS) is 19.6. The summed E-state index contributed by atoms with van der Waals surface area (Å²) >= 11 is 1.19. The Morgan fingerprint density at radius 3 is 2.77 bits per heavy atom. The van der Waals surface area contributed by atoms with Crippen LogP contribution in [0, 0.1) is 17.5 Å². The van der Waals surface area contributed by atoms with Gasteiger partial charge in [-0.25, -0.2) is 4.79 Å². The van der Waals surface area contributed by atoms with Crippen LogP contribution in [0.4, 0.5) is 10.5 Å². The van der Waals surface area contributed by atoms with Crippen LogP contribution in [-0.4, -0.2) is 56.3 Å². The molecule has 11 heteroatoms. The van der Waals surface area contributed by atoms with E-state index in [0.29, 0.717) is 23.5 Å². The van der Waals surface area contributed by atoms with E-state index in [1.54, 1.807) is 54.7 Å². The smallest absolute Gasteiger partial charge is 0.411 e. The lowest BCUT2D eigenvalue weighted by Crippen LogP contribution is -2.47. The number of hydrogen-bond donors (Lipinski definition) is 2. The highest BCUT2D eigenvalue weighted by molar-refractivity contribution is 8.15. The molecule has 2 aliphatic rings. The lowest BCUT2D eigenvalue weighted by molar-refractivity contribution is -0.126. The van der Waals surface area contributed by atoms with Gasteiger partial charge >= 0.3 is 6.09 Å². The molecule has 3 aromatic rings. The van der Waals surface area contributed by atoms with Crippen LogP contribution in [0.25, 0.3) is 0 Å². The third kappa shape index (κ3) is 6.39. The predicted molar refractivity (Wildman–Crippen MR) is 151 cm³/mol. The Morgan fingerprint density at radius 1 is 1.18 bits per heavy atom. The lowest BCUT2D eigenvalue weighted by Gasteiger charge is -2.33. The quantitative estimate of drug-likeness (QED) is 0.414. The summed E-state index contributed by atoms with van der Waals surface area (Å²) in [5, 5.41) is 10.8. The van der Waals surface area contributed by atoms with Crippen LogP contribution in [-0.2, 0) is 27.5 Å². The van der Waals surface area contributed by atoms with E-state index in [4.69, 9.17) is 10.1 Å². The third-order valence-electron chi connectivity index (χ3n) is 6.26.